The van der Waals surface area contributed by atoms with Crippen LogP contribution in [0.3, 0.4) is 0 Å². The van der Waals surface area contributed by atoms with Gasteiger partial charge in [-0.1, -0.05) is 22.9 Å². The van der Waals surface area contributed by atoms with Gasteiger partial charge >= 0.3 is 0 Å². The van der Waals surface area contributed by atoms with E-state index in [4.69, 9.17) is 10.9 Å². The Kier molecular flexibility index (Phi) is 5.48. The van der Waals surface area contributed by atoms with Crippen LogP contribution in [0.5, 0.6) is 0 Å². The minimum atomic E-state index is -4.27. The van der Waals surface area contributed by atoms with Gasteiger partial charge in [-0.15, -0.1) is 0 Å². The molecule has 3 N–H and O–H groups in total. The van der Waals surface area contributed by atoms with Crippen LogP contribution in [0.25, 0.3) is 0 Å². The second-order valence-electron chi connectivity index (χ2n) is 3.01. The van der Waals surface area contributed by atoms with E-state index in [1.807, 2.05) is 6.92 Å². The number of nitrogens with zero attached hydrogens (tertiary/aromatic N) is 1. The lowest BCUT2D eigenvalue weighted by molar-refractivity contribution is 0.318. The summed E-state index contributed by atoms with van der Waals surface area (Å²) in [5.41, 5.74) is 5.72. The standard InChI is InChI=1S/C7H8O3S.C2H6N2O/c1-6-2-4-7(5-3-6)11(8,9)10;1-2(3)4-5/h2-5H,1H3,(H,8,9,10);5H,1H3,(H2,3,4)/p-1. The van der Waals surface area contributed by atoms with Crippen molar-refractivity contribution in [3.05, 3.63) is 29.8 Å². The maximum absolute atomic E-state index is 10.4. The molecule has 0 heterocycles. The van der Waals surface area contributed by atoms with Crippen LogP contribution in [0.1, 0.15) is 12.5 Å². The van der Waals surface area contributed by atoms with Crippen LogP contribution in [0.4, 0.5) is 0 Å². The quantitative estimate of drug-likeness (QED) is 0.248. The summed E-state index contributed by atoms with van der Waals surface area (Å²) in [6, 6.07) is 5.78. The molecule has 0 aliphatic carbocycles. The maximum atomic E-state index is 10.4. The molecule has 0 bridgehead atoms. The number of hydrogen-bond donors (Lipinski definition) is 2. The van der Waals surface area contributed by atoms with E-state index in [1.54, 1.807) is 12.1 Å². The zero-order valence-electron chi connectivity index (χ0n) is 8.91. The summed E-state index contributed by atoms with van der Waals surface area (Å²) in [6.07, 6.45) is 0. The third-order valence-corrected chi connectivity index (χ3v) is 2.32. The molecule has 0 saturated heterocycles. The minimum Gasteiger partial charge on any atom is -0.744 e. The molecule has 1 aromatic carbocycles. The van der Waals surface area contributed by atoms with Crippen LogP contribution in [-0.4, -0.2) is 24.0 Å². The largest absolute Gasteiger partial charge is 0.744 e. The second kappa shape index (κ2) is 6.09. The number of rotatable bonds is 1. The van der Waals surface area contributed by atoms with Crippen molar-refractivity contribution in [3.63, 3.8) is 0 Å². The molecule has 0 amide bonds. The van der Waals surface area contributed by atoms with Crippen molar-refractivity contribution in [3.8, 4) is 0 Å². The summed E-state index contributed by atoms with van der Waals surface area (Å²) in [5, 5.41) is 10.2. The van der Waals surface area contributed by atoms with Crippen molar-refractivity contribution in [2.75, 3.05) is 0 Å². The average molecular weight is 245 g/mol. The van der Waals surface area contributed by atoms with Crippen molar-refractivity contribution in [2.24, 2.45) is 10.9 Å². The van der Waals surface area contributed by atoms with E-state index in [9.17, 15) is 13.0 Å². The van der Waals surface area contributed by atoms with Crippen molar-refractivity contribution in [2.45, 2.75) is 18.7 Å². The molecule has 0 aliphatic rings. The topological polar surface area (TPSA) is 116 Å². The van der Waals surface area contributed by atoms with Crippen LogP contribution in [0.15, 0.2) is 34.3 Å². The molecule has 1 rings (SSSR count). The van der Waals surface area contributed by atoms with Crippen molar-refractivity contribution >= 4 is 16.0 Å². The number of hydrogen-bond acceptors (Lipinski definition) is 5. The SMILES string of the molecule is CC(N)=NO.Cc1ccc(S(=O)(=O)[O-])cc1. The lowest BCUT2D eigenvalue weighted by Gasteiger charge is -2.05. The van der Waals surface area contributed by atoms with Crippen molar-refractivity contribution < 1.29 is 18.2 Å². The molecular formula is C9H13N2O4S-. The first-order valence-electron chi connectivity index (χ1n) is 4.24. The highest BCUT2D eigenvalue weighted by atomic mass is 32.2. The number of aryl methyl sites for hydroxylation is 1. The fourth-order valence-corrected chi connectivity index (χ4v) is 1.17. The third kappa shape index (κ3) is 5.99. The Hall–Kier alpha value is -1.60. The Morgan fingerprint density at radius 1 is 1.38 bits per heavy atom. The smallest absolute Gasteiger partial charge is 0.135 e. The number of amidine groups is 1. The molecule has 6 nitrogen and oxygen atoms in total. The summed E-state index contributed by atoms with van der Waals surface area (Å²) < 4.78 is 31.2. The Morgan fingerprint density at radius 3 is 2.00 bits per heavy atom. The van der Waals surface area contributed by atoms with Gasteiger partial charge in [-0.25, -0.2) is 8.42 Å². The molecule has 0 aromatic heterocycles. The van der Waals surface area contributed by atoms with Gasteiger partial charge in [0.2, 0.25) is 0 Å². The minimum absolute atomic E-state index is 0.178. The zero-order chi connectivity index (χ0) is 12.8. The average Bonchev–Trinajstić information content (AvgIpc) is 2.18. The molecule has 16 heavy (non-hydrogen) atoms. The molecule has 0 fully saturated rings. The molecule has 90 valence electrons. The third-order valence-electron chi connectivity index (χ3n) is 1.47. The van der Waals surface area contributed by atoms with Gasteiger partial charge in [0.1, 0.15) is 16.0 Å². The van der Waals surface area contributed by atoms with Crippen molar-refractivity contribution in [1.82, 2.24) is 0 Å². The zero-order valence-corrected chi connectivity index (χ0v) is 9.73. The van der Waals surface area contributed by atoms with E-state index in [0.29, 0.717) is 0 Å². The molecule has 0 aliphatic heterocycles. The van der Waals surface area contributed by atoms with Crippen LogP contribution >= 0.6 is 0 Å². The Labute approximate surface area is 94.1 Å². The summed E-state index contributed by atoms with van der Waals surface area (Å²) in [7, 11) is -4.27. The first kappa shape index (κ1) is 14.4. The lowest BCUT2D eigenvalue weighted by Crippen LogP contribution is -2.03. The highest BCUT2D eigenvalue weighted by molar-refractivity contribution is 7.85. The van der Waals surface area contributed by atoms with E-state index < -0.39 is 10.1 Å². The van der Waals surface area contributed by atoms with Gasteiger partial charge in [0.25, 0.3) is 0 Å². The van der Waals surface area contributed by atoms with Crippen LogP contribution in [0, 0.1) is 6.92 Å². The van der Waals surface area contributed by atoms with E-state index >= 15 is 0 Å². The normalized spacial score (nSPS) is 11.6. The Morgan fingerprint density at radius 2 is 1.75 bits per heavy atom. The van der Waals surface area contributed by atoms with Gasteiger partial charge < -0.3 is 15.5 Å². The van der Waals surface area contributed by atoms with Gasteiger partial charge in [0, 0.05) is 0 Å². The van der Waals surface area contributed by atoms with Gasteiger partial charge in [-0.2, -0.15) is 0 Å². The monoisotopic (exact) mass is 245 g/mol. The Balaban J connectivity index is 0.000000385. The van der Waals surface area contributed by atoms with Crippen LogP contribution < -0.4 is 5.73 Å². The molecule has 0 unspecified atom stereocenters. The number of oxime groups is 1. The fraction of sp³-hybridized carbons (Fsp3) is 0.222. The van der Waals surface area contributed by atoms with Crippen molar-refractivity contribution in [1.29, 1.82) is 0 Å². The molecule has 0 atom stereocenters. The first-order chi connectivity index (χ1) is 7.27. The first-order valence-corrected chi connectivity index (χ1v) is 5.65. The van der Waals surface area contributed by atoms with Gasteiger partial charge in [0.05, 0.1) is 4.90 Å². The van der Waals surface area contributed by atoms with Crippen LogP contribution in [-0.2, 0) is 10.1 Å². The molecule has 0 spiro atoms. The second-order valence-corrected chi connectivity index (χ2v) is 4.39. The van der Waals surface area contributed by atoms with Gasteiger partial charge in [-0.05, 0) is 26.0 Å². The number of benzene rings is 1. The van der Waals surface area contributed by atoms with Gasteiger partial charge in [0.15, 0.2) is 0 Å². The summed E-state index contributed by atoms with van der Waals surface area (Å²) in [4.78, 5) is -0.178. The lowest BCUT2D eigenvalue weighted by atomic mass is 10.2. The van der Waals surface area contributed by atoms with E-state index in [2.05, 4.69) is 5.16 Å². The van der Waals surface area contributed by atoms with Crippen LogP contribution in [0.2, 0.25) is 0 Å². The Bertz CT molecular complexity index is 447. The van der Waals surface area contributed by atoms with E-state index in [1.165, 1.54) is 19.1 Å². The highest BCUT2D eigenvalue weighted by Gasteiger charge is 1.97. The predicted octanol–water partition coefficient (Wildman–Crippen LogP) is 0.652. The maximum Gasteiger partial charge on any atom is 0.135 e. The molecule has 1 aromatic rings. The highest BCUT2D eigenvalue weighted by Crippen LogP contribution is 2.08. The van der Waals surface area contributed by atoms with Gasteiger partial charge in [-0.3, -0.25) is 0 Å². The van der Waals surface area contributed by atoms with E-state index in [-0.39, 0.29) is 10.7 Å². The molecule has 0 saturated carbocycles. The molecular weight excluding hydrogens is 232 g/mol. The molecule has 0 radical (unpaired) electrons. The van der Waals surface area contributed by atoms with E-state index in [0.717, 1.165) is 5.56 Å². The summed E-state index contributed by atoms with van der Waals surface area (Å²) in [6.45, 7) is 3.32. The predicted molar refractivity (Wildman–Crippen MR) is 58.2 cm³/mol. The fourth-order valence-electron chi connectivity index (χ4n) is 0.705. The summed E-state index contributed by atoms with van der Waals surface area (Å²) >= 11 is 0. The molecule has 7 heteroatoms. The summed E-state index contributed by atoms with van der Waals surface area (Å²) in [5.74, 6) is 0.185. The number of nitrogens with two attached hydrogens (primary N) is 1.